The monoisotopic (exact) mass is 501 g/mol. The van der Waals surface area contributed by atoms with Gasteiger partial charge in [-0.05, 0) is 80.3 Å². The molecule has 0 amide bonds. The maximum Gasteiger partial charge on any atom is 0.337 e. The highest BCUT2D eigenvalue weighted by Crippen LogP contribution is 2.46. The van der Waals surface area contributed by atoms with Gasteiger partial charge in [0, 0.05) is 29.3 Å². The van der Waals surface area contributed by atoms with E-state index in [1.54, 1.807) is 14.2 Å². The molecule has 194 valence electrons. The van der Waals surface area contributed by atoms with Gasteiger partial charge in [0.1, 0.15) is 17.6 Å². The van der Waals surface area contributed by atoms with Crippen LogP contribution in [0.3, 0.4) is 0 Å². The third kappa shape index (κ3) is 5.15. The molecule has 2 aromatic carbocycles. The van der Waals surface area contributed by atoms with Gasteiger partial charge in [-0.3, -0.25) is 4.79 Å². The van der Waals surface area contributed by atoms with Crippen molar-refractivity contribution in [2.75, 3.05) is 14.2 Å². The van der Waals surface area contributed by atoms with Crippen LogP contribution in [0.2, 0.25) is 0 Å². The first-order valence-electron chi connectivity index (χ1n) is 13.2. The average molecular weight is 502 g/mol. The molecule has 3 aliphatic rings. The molecule has 2 aliphatic carbocycles. The van der Waals surface area contributed by atoms with Crippen LogP contribution in [0.5, 0.6) is 11.5 Å². The maximum atomic E-state index is 13.8. The second-order valence-corrected chi connectivity index (χ2v) is 10.2. The Morgan fingerprint density at radius 2 is 1.43 bits per heavy atom. The summed E-state index contributed by atoms with van der Waals surface area (Å²) in [5, 5.41) is 3.45. The van der Waals surface area contributed by atoms with Crippen molar-refractivity contribution in [2.24, 2.45) is 0 Å². The summed E-state index contributed by atoms with van der Waals surface area (Å²) in [5.41, 5.74) is 4.85. The van der Waals surface area contributed by atoms with E-state index in [9.17, 15) is 9.59 Å². The largest absolute Gasteiger partial charge is 0.497 e. The Labute approximate surface area is 218 Å². The lowest BCUT2D eigenvalue weighted by Gasteiger charge is -2.37. The molecular formula is C31H35NO5. The number of nitrogens with one attached hydrogen (secondary N) is 1. The second-order valence-electron chi connectivity index (χ2n) is 10.2. The van der Waals surface area contributed by atoms with Crippen LogP contribution < -0.4 is 14.8 Å². The van der Waals surface area contributed by atoms with Crippen molar-refractivity contribution in [3.63, 3.8) is 0 Å². The Bertz CT molecular complexity index is 1220. The topological polar surface area (TPSA) is 73.9 Å². The van der Waals surface area contributed by atoms with E-state index in [2.05, 4.69) is 5.32 Å². The number of allylic oxidation sites excluding steroid dienone is 3. The number of carbonyl (C=O) groups excluding carboxylic acids is 2. The maximum absolute atomic E-state index is 13.8. The lowest BCUT2D eigenvalue weighted by atomic mass is 9.71. The molecule has 1 N–H and O–H groups in total. The standard InChI is InChI=1S/C31H35NO5/c1-19-28(31(34)37-25-7-5-4-6-8-25)29(21-11-15-24(36-3)16-12-21)30-26(32-19)17-22(18-27(30)33)20-9-13-23(35-2)14-10-20/h9-16,22,25,29,32H,4-8,17-18H2,1-3H3/t22-,29-/m1/s1. The summed E-state index contributed by atoms with van der Waals surface area (Å²) >= 11 is 0. The van der Waals surface area contributed by atoms with Gasteiger partial charge in [0.2, 0.25) is 0 Å². The average Bonchev–Trinajstić information content (AvgIpc) is 2.92. The Morgan fingerprint density at radius 3 is 2.03 bits per heavy atom. The smallest absolute Gasteiger partial charge is 0.337 e. The van der Waals surface area contributed by atoms with Crippen molar-refractivity contribution in [2.45, 2.75) is 69.8 Å². The van der Waals surface area contributed by atoms with Crippen LogP contribution in [-0.4, -0.2) is 32.1 Å². The zero-order valence-electron chi connectivity index (χ0n) is 21.8. The number of ether oxygens (including phenoxy) is 3. The van der Waals surface area contributed by atoms with Gasteiger partial charge in [-0.25, -0.2) is 4.79 Å². The normalized spacial score (nSPS) is 22.3. The van der Waals surface area contributed by atoms with E-state index in [1.807, 2.05) is 55.5 Å². The van der Waals surface area contributed by atoms with Crippen molar-refractivity contribution < 1.29 is 23.8 Å². The number of Topliss-reactive ketones (excluding diaryl/α,β-unsaturated/α-hetero) is 1. The zero-order chi connectivity index (χ0) is 25.9. The SMILES string of the molecule is COc1ccc([C@H]2CC(=O)C3=C(C2)NC(C)=C(C(=O)OC2CCCCC2)[C@H]3c2ccc(OC)cc2)cc1. The number of dihydropyridines is 1. The minimum atomic E-state index is -0.470. The molecule has 1 heterocycles. The first kappa shape index (κ1) is 25.1. The molecule has 1 fully saturated rings. The second kappa shape index (κ2) is 10.8. The van der Waals surface area contributed by atoms with Crippen molar-refractivity contribution in [1.29, 1.82) is 0 Å². The van der Waals surface area contributed by atoms with Crippen LogP contribution in [0.25, 0.3) is 0 Å². The highest BCUT2D eigenvalue weighted by atomic mass is 16.5. The quantitative estimate of drug-likeness (QED) is 0.494. The van der Waals surface area contributed by atoms with E-state index in [0.29, 0.717) is 24.0 Å². The third-order valence-corrected chi connectivity index (χ3v) is 7.91. The van der Waals surface area contributed by atoms with Gasteiger partial charge in [-0.2, -0.15) is 0 Å². The Balaban J connectivity index is 1.50. The van der Waals surface area contributed by atoms with E-state index in [4.69, 9.17) is 14.2 Å². The van der Waals surface area contributed by atoms with Crippen molar-refractivity contribution in [1.82, 2.24) is 5.32 Å². The predicted octanol–water partition coefficient (Wildman–Crippen LogP) is 5.94. The number of rotatable bonds is 6. The summed E-state index contributed by atoms with van der Waals surface area (Å²) in [6.07, 6.45) is 6.17. The van der Waals surface area contributed by atoms with Gasteiger partial charge in [0.05, 0.1) is 19.8 Å². The lowest BCUT2D eigenvalue weighted by molar-refractivity contribution is -0.146. The summed E-state index contributed by atoms with van der Waals surface area (Å²) in [6.45, 7) is 1.92. The first-order valence-corrected chi connectivity index (χ1v) is 13.2. The summed E-state index contributed by atoms with van der Waals surface area (Å²) < 4.78 is 16.7. The van der Waals surface area contributed by atoms with Crippen molar-refractivity contribution in [3.8, 4) is 11.5 Å². The Morgan fingerprint density at radius 1 is 0.838 bits per heavy atom. The number of hydrogen-bond acceptors (Lipinski definition) is 6. The van der Waals surface area contributed by atoms with Crippen LogP contribution in [0.1, 0.15) is 74.8 Å². The minimum Gasteiger partial charge on any atom is -0.497 e. The van der Waals surface area contributed by atoms with Gasteiger partial charge in [0.15, 0.2) is 5.78 Å². The molecule has 6 heteroatoms. The molecule has 0 aromatic heterocycles. The van der Waals surface area contributed by atoms with Crippen LogP contribution in [-0.2, 0) is 14.3 Å². The van der Waals surface area contributed by atoms with Gasteiger partial charge >= 0.3 is 5.97 Å². The molecule has 5 rings (SSSR count). The van der Waals surface area contributed by atoms with Crippen LogP contribution in [0.4, 0.5) is 0 Å². The number of esters is 1. The molecule has 1 aliphatic heterocycles. The van der Waals surface area contributed by atoms with Crippen LogP contribution >= 0.6 is 0 Å². The van der Waals surface area contributed by atoms with Crippen molar-refractivity contribution in [3.05, 3.63) is 82.2 Å². The first-order chi connectivity index (χ1) is 18.0. The molecule has 2 atom stereocenters. The number of hydrogen-bond donors (Lipinski definition) is 1. The van der Waals surface area contributed by atoms with E-state index < -0.39 is 5.92 Å². The van der Waals surface area contributed by atoms with Gasteiger partial charge < -0.3 is 19.5 Å². The molecular weight excluding hydrogens is 466 g/mol. The highest BCUT2D eigenvalue weighted by molar-refractivity contribution is 6.04. The lowest BCUT2D eigenvalue weighted by Crippen LogP contribution is -2.37. The van der Waals surface area contributed by atoms with Crippen LogP contribution in [0.15, 0.2) is 71.1 Å². The van der Waals surface area contributed by atoms with E-state index in [-0.39, 0.29) is 23.8 Å². The highest BCUT2D eigenvalue weighted by Gasteiger charge is 2.42. The number of benzene rings is 2. The van der Waals surface area contributed by atoms with E-state index in [1.165, 1.54) is 6.42 Å². The minimum absolute atomic E-state index is 0.0599. The fourth-order valence-corrected chi connectivity index (χ4v) is 5.95. The fraction of sp³-hybridized carbons (Fsp3) is 0.419. The van der Waals surface area contributed by atoms with Gasteiger partial charge in [-0.15, -0.1) is 0 Å². The third-order valence-electron chi connectivity index (χ3n) is 7.91. The molecule has 2 aromatic rings. The van der Waals surface area contributed by atoms with E-state index >= 15 is 0 Å². The molecule has 0 spiro atoms. The molecule has 1 saturated carbocycles. The number of methoxy groups -OCH3 is 2. The predicted molar refractivity (Wildman–Crippen MR) is 142 cm³/mol. The number of carbonyl (C=O) groups is 2. The Kier molecular flexibility index (Phi) is 7.36. The molecule has 6 nitrogen and oxygen atoms in total. The number of ketones is 1. The summed E-state index contributed by atoms with van der Waals surface area (Å²) in [4.78, 5) is 27.4. The summed E-state index contributed by atoms with van der Waals surface area (Å²) in [6, 6.07) is 15.6. The van der Waals surface area contributed by atoms with Gasteiger partial charge in [-0.1, -0.05) is 30.7 Å². The molecule has 37 heavy (non-hydrogen) atoms. The van der Waals surface area contributed by atoms with Crippen LogP contribution in [0, 0.1) is 0 Å². The summed E-state index contributed by atoms with van der Waals surface area (Å²) in [7, 11) is 3.27. The fourth-order valence-electron chi connectivity index (χ4n) is 5.95. The van der Waals surface area contributed by atoms with E-state index in [0.717, 1.165) is 59.7 Å². The van der Waals surface area contributed by atoms with Crippen molar-refractivity contribution >= 4 is 11.8 Å². The van der Waals surface area contributed by atoms with Gasteiger partial charge in [0.25, 0.3) is 0 Å². The molecule has 0 radical (unpaired) electrons. The molecule has 0 saturated heterocycles. The Hall–Kier alpha value is -3.54. The zero-order valence-corrected chi connectivity index (χ0v) is 21.8. The molecule has 0 unspecified atom stereocenters. The molecule has 0 bridgehead atoms. The summed E-state index contributed by atoms with van der Waals surface area (Å²) in [5.74, 6) is 0.849.